The quantitative estimate of drug-likeness (QED) is 0.505. The summed E-state index contributed by atoms with van der Waals surface area (Å²) in [4.78, 5) is 21.3. The van der Waals surface area contributed by atoms with Crippen LogP contribution in [0.15, 0.2) is 79.1 Å². The van der Waals surface area contributed by atoms with E-state index in [1.54, 1.807) is 36.7 Å². The van der Waals surface area contributed by atoms with Crippen LogP contribution in [0.2, 0.25) is 0 Å². The maximum atomic E-state index is 13.0. The summed E-state index contributed by atoms with van der Waals surface area (Å²) in [7, 11) is 0. The van der Waals surface area contributed by atoms with Crippen molar-refractivity contribution in [2.45, 2.75) is 6.42 Å². The van der Waals surface area contributed by atoms with Gasteiger partial charge in [0.05, 0.1) is 11.2 Å². The molecule has 0 aliphatic heterocycles. The highest BCUT2D eigenvalue weighted by atomic mass is 19.1. The number of para-hydroxylation sites is 1. The summed E-state index contributed by atoms with van der Waals surface area (Å²) < 4.78 is 13.0. The van der Waals surface area contributed by atoms with Gasteiger partial charge in [0.25, 0.3) is 5.91 Å². The van der Waals surface area contributed by atoms with E-state index in [-0.39, 0.29) is 11.7 Å². The van der Waals surface area contributed by atoms with Gasteiger partial charge in [-0.15, -0.1) is 0 Å². The summed E-state index contributed by atoms with van der Waals surface area (Å²) in [6.45, 7) is 0.622. The summed E-state index contributed by atoms with van der Waals surface area (Å²) >= 11 is 0. The summed E-state index contributed by atoms with van der Waals surface area (Å²) in [5, 5.41) is 7.08. The van der Waals surface area contributed by atoms with E-state index in [4.69, 9.17) is 0 Å². The van der Waals surface area contributed by atoms with Crippen molar-refractivity contribution in [2.24, 2.45) is 0 Å². The second kappa shape index (κ2) is 8.48. The minimum atomic E-state index is -0.247. The Morgan fingerprint density at radius 3 is 2.62 bits per heavy atom. The number of hydrogen-bond acceptors (Lipinski definition) is 4. The van der Waals surface area contributed by atoms with Crippen molar-refractivity contribution >= 4 is 28.3 Å². The molecule has 144 valence electrons. The van der Waals surface area contributed by atoms with E-state index in [1.165, 1.54) is 12.1 Å². The number of benzene rings is 2. The molecule has 0 atom stereocenters. The van der Waals surface area contributed by atoms with Crippen LogP contribution in [0.4, 0.5) is 15.9 Å². The number of rotatable bonds is 6. The molecule has 0 radical (unpaired) electrons. The number of anilines is 2. The lowest BCUT2D eigenvalue weighted by atomic mass is 10.1. The molecule has 0 saturated carbocycles. The third kappa shape index (κ3) is 4.55. The van der Waals surface area contributed by atoms with E-state index >= 15 is 0 Å². The zero-order chi connectivity index (χ0) is 20.1. The molecule has 0 saturated heterocycles. The van der Waals surface area contributed by atoms with Gasteiger partial charge in [0.1, 0.15) is 11.6 Å². The number of pyridine rings is 2. The highest BCUT2D eigenvalue weighted by molar-refractivity contribution is 6.08. The molecule has 4 aromatic rings. The molecule has 1 amide bonds. The Morgan fingerprint density at radius 2 is 1.76 bits per heavy atom. The fraction of sp³-hybridized carbons (Fsp3) is 0.0870. The van der Waals surface area contributed by atoms with Crippen molar-refractivity contribution in [3.05, 3.63) is 96.1 Å². The predicted molar refractivity (Wildman–Crippen MR) is 113 cm³/mol. The number of nitrogens with one attached hydrogen (secondary N) is 2. The number of nitrogens with zero attached hydrogens (tertiary/aromatic N) is 2. The maximum absolute atomic E-state index is 13.0. The van der Waals surface area contributed by atoms with Gasteiger partial charge in [0, 0.05) is 29.9 Å². The molecule has 2 N–H and O–H groups in total. The summed E-state index contributed by atoms with van der Waals surface area (Å²) in [6.07, 6.45) is 4.02. The highest BCUT2D eigenvalue weighted by Gasteiger charge is 2.10. The van der Waals surface area contributed by atoms with Gasteiger partial charge in [0.15, 0.2) is 0 Å². The predicted octanol–water partition coefficient (Wildman–Crippen LogP) is 4.68. The Labute approximate surface area is 167 Å². The fourth-order valence-electron chi connectivity index (χ4n) is 3.05. The zero-order valence-corrected chi connectivity index (χ0v) is 15.6. The first-order valence-electron chi connectivity index (χ1n) is 9.28. The number of aromatic nitrogens is 2. The zero-order valence-electron chi connectivity index (χ0n) is 15.6. The lowest BCUT2D eigenvalue weighted by Crippen LogP contribution is -2.14. The molecule has 0 unspecified atom stereocenters. The van der Waals surface area contributed by atoms with Crippen molar-refractivity contribution in [2.75, 3.05) is 17.2 Å². The molecule has 2 aromatic carbocycles. The van der Waals surface area contributed by atoms with E-state index < -0.39 is 0 Å². The number of carbonyl (C=O) groups is 1. The van der Waals surface area contributed by atoms with Crippen LogP contribution in [0.25, 0.3) is 10.9 Å². The van der Waals surface area contributed by atoms with Crippen LogP contribution < -0.4 is 10.6 Å². The van der Waals surface area contributed by atoms with Crippen molar-refractivity contribution < 1.29 is 9.18 Å². The molecule has 0 aliphatic rings. The van der Waals surface area contributed by atoms with Crippen LogP contribution >= 0.6 is 0 Å². The Kier molecular flexibility index (Phi) is 5.42. The van der Waals surface area contributed by atoms with Gasteiger partial charge in [-0.2, -0.15) is 0 Å². The van der Waals surface area contributed by atoms with Crippen molar-refractivity contribution in [3.63, 3.8) is 0 Å². The van der Waals surface area contributed by atoms with Gasteiger partial charge in [-0.1, -0.05) is 30.3 Å². The van der Waals surface area contributed by atoms with Crippen LogP contribution in [0, 0.1) is 5.82 Å². The summed E-state index contributed by atoms with van der Waals surface area (Å²) in [5.41, 5.74) is 2.93. The third-order valence-corrected chi connectivity index (χ3v) is 4.54. The topological polar surface area (TPSA) is 66.9 Å². The molecule has 2 aromatic heterocycles. The van der Waals surface area contributed by atoms with Crippen molar-refractivity contribution in [3.8, 4) is 0 Å². The highest BCUT2D eigenvalue weighted by Crippen LogP contribution is 2.21. The Balaban J connectivity index is 1.42. The minimum Gasteiger partial charge on any atom is -0.370 e. The first-order chi connectivity index (χ1) is 14.2. The van der Waals surface area contributed by atoms with E-state index in [2.05, 4.69) is 20.6 Å². The van der Waals surface area contributed by atoms with E-state index in [9.17, 15) is 9.18 Å². The molecular weight excluding hydrogens is 367 g/mol. The molecule has 4 rings (SSSR count). The van der Waals surface area contributed by atoms with Gasteiger partial charge in [-0.25, -0.2) is 9.37 Å². The fourth-order valence-corrected chi connectivity index (χ4v) is 3.05. The molecular formula is C23H19FN4O. The monoisotopic (exact) mass is 386 g/mol. The molecule has 5 nitrogen and oxygen atoms in total. The molecule has 0 fully saturated rings. The Morgan fingerprint density at radius 1 is 0.931 bits per heavy atom. The van der Waals surface area contributed by atoms with E-state index in [0.29, 0.717) is 23.6 Å². The largest absolute Gasteiger partial charge is 0.370 e. The first-order valence-corrected chi connectivity index (χ1v) is 9.28. The van der Waals surface area contributed by atoms with Crippen LogP contribution in [0.3, 0.4) is 0 Å². The SMILES string of the molecule is O=C(Nc1cccc2cccnc12)c1ccnc(NCCc2ccc(F)cc2)c1. The lowest BCUT2D eigenvalue weighted by Gasteiger charge is -2.10. The standard InChI is InChI=1S/C23H19FN4O/c24-19-8-6-16(7-9-19)10-13-25-21-15-18(11-14-26-21)23(29)28-20-5-1-3-17-4-2-12-27-22(17)20/h1-9,11-12,14-15H,10,13H2,(H,25,26)(H,28,29). The van der Waals surface area contributed by atoms with Crippen LogP contribution in [0.5, 0.6) is 0 Å². The van der Waals surface area contributed by atoms with Crippen LogP contribution in [0.1, 0.15) is 15.9 Å². The van der Waals surface area contributed by atoms with Crippen molar-refractivity contribution in [1.29, 1.82) is 0 Å². The van der Waals surface area contributed by atoms with Crippen LogP contribution in [-0.4, -0.2) is 22.4 Å². The number of fused-ring (bicyclic) bond motifs is 1. The molecule has 0 bridgehead atoms. The van der Waals surface area contributed by atoms with Gasteiger partial charge in [0.2, 0.25) is 0 Å². The number of carbonyl (C=O) groups excluding carboxylic acids is 1. The minimum absolute atomic E-state index is 0.230. The van der Waals surface area contributed by atoms with Gasteiger partial charge in [-0.3, -0.25) is 9.78 Å². The average molecular weight is 386 g/mol. The first kappa shape index (κ1) is 18.6. The molecule has 0 aliphatic carbocycles. The second-order valence-corrected chi connectivity index (χ2v) is 6.57. The van der Waals surface area contributed by atoms with Crippen LogP contribution in [-0.2, 0) is 6.42 Å². The Bertz CT molecular complexity index is 1140. The molecule has 29 heavy (non-hydrogen) atoms. The summed E-state index contributed by atoms with van der Waals surface area (Å²) in [6, 6.07) is 19.3. The van der Waals surface area contributed by atoms with Gasteiger partial charge in [-0.05, 0) is 48.4 Å². The number of hydrogen-bond donors (Lipinski definition) is 2. The van der Waals surface area contributed by atoms with Crippen molar-refractivity contribution in [1.82, 2.24) is 9.97 Å². The Hall–Kier alpha value is -3.80. The van der Waals surface area contributed by atoms with Gasteiger partial charge < -0.3 is 10.6 Å². The number of halogens is 1. The second-order valence-electron chi connectivity index (χ2n) is 6.57. The summed E-state index contributed by atoms with van der Waals surface area (Å²) in [5.74, 6) is 0.131. The van der Waals surface area contributed by atoms with E-state index in [1.807, 2.05) is 30.3 Å². The number of amides is 1. The average Bonchev–Trinajstić information content (AvgIpc) is 2.76. The smallest absolute Gasteiger partial charge is 0.255 e. The lowest BCUT2D eigenvalue weighted by molar-refractivity contribution is 0.102. The normalized spacial score (nSPS) is 10.7. The molecule has 2 heterocycles. The van der Waals surface area contributed by atoms with Gasteiger partial charge >= 0.3 is 0 Å². The molecule has 6 heteroatoms. The third-order valence-electron chi connectivity index (χ3n) is 4.54. The van der Waals surface area contributed by atoms with E-state index in [0.717, 1.165) is 22.9 Å². The maximum Gasteiger partial charge on any atom is 0.255 e. The molecule has 0 spiro atoms.